The molecule has 0 aliphatic rings. The summed E-state index contributed by atoms with van der Waals surface area (Å²) in [7, 11) is 3.25. The predicted octanol–water partition coefficient (Wildman–Crippen LogP) is -1.15. The van der Waals surface area contributed by atoms with Crippen LogP contribution in [0.15, 0.2) is 0 Å². The van der Waals surface area contributed by atoms with Gasteiger partial charge in [-0.3, -0.25) is 19.1 Å². The summed E-state index contributed by atoms with van der Waals surface area (Å²) in [6.45, 7) is 3.94. The smallest absolute Gasteiger partial charge is 0.313 e. The molecule has 0 unspecified atom stereocenters. The Morgan fingerprint density at radius 1 is 1.18 bits per heavy atom. The molecule has 1 rings (SSSR count). The molecule has 0 radical (unpaired) electrons. The highest BCUT2D eigenvalue weighted by Gasteiger charge is 2.18. The van der Waals surface area contributed by atoms with Crippen LogP contribution in [0.25, 0.3) is 0 Å². The van der Waals surface area contributed by atoms with Crippen molar-refractivity contribution in [3.8, 4) is 0 Å². The van der Waals surface area contributed by atoms with Gasteiger partial charge >= 0.3 is 11.8 Å². The van der Waals surface area contributed by atoms with E-state index in [1.807, 2.05) is 0 Å². The first-order valence-corrected chi connectivity index (χ1v) is 6.71. The standard InChI is InChI=1S/C13H21N5O4/c1-8-11(9(2)18(3)17-8)16-13(21)12(20)15-7-10(19)14-5-6-22-4/h5-7H2,1-4H3,(H,14,19)(H,15,20)(H,16,21). The minimum Gasteiger partial charge on any atom is -0.383 e. The highest BCUT2D eigenvalue weighted by atomic mass is 16.5. The second-order valence-corrected chi connectivity index (χ2v) is 4.65. The topological polar surface area (TPSA) is 114 Å². The largest absolute Gasteiger partial charge is 0.383 e. The van der Waals surface area contributed by atoms with Gasteiger partial charge in [-0.2, -0.15) is 5.10 Å². The Balaban J connectivity index is 2.45. The summed E-state index contributed by atoms with van der Waals surface area (Å²) in [6.07, 6.45) is 0. The second kappa shape index (κ2) is 8.13. The number of nitrogens with zero attached hydrogens (tertiary/aromatic N) is 2. The lowest BCUT2D eigenvalue weighted by Gasteiger charge is -2.07. The number of anilines is 1. The van der Waals surface area contributed by atoms with Crippen molar-refractivity contribution in [2.24, 2.45) is 7.05 Å². The van der Waals surface area contributed by atoms with E-state index in [0.29, 0.717) is 24.5 Å². The van der Waals surface area contributed by atoms with Crippen molar-refractivity contribution in [1.82, 2.24) is 20.4 Å². The van der Waals surface area contributed by atoms with Crippen molar-refractivity contribution in [2.45, 2.75) is 13.8 Å². The predicted molar refractivity (Wildman–Crippen MR) is 79.2 cm³/mol. The molecule has 9 heteroatoms. The Bertz CT molecular complexity index is 567. The Kier molecular flexibility index (Phi) is 6.51. The molecule has 3 N–H and O–H groups in total. The van der Waals surface area contributed by atoms with E-state index in [9.17, 15) is 14.4 Å². The van der Waals surface area contributed by atoms with Gasteiger partial charge in [0.25, 0.3) is 0 Å². The van der Waals surface area contributed by atoms with Crippen LogP contribution in [-0.2, 0) is 26.2 Å². The number of carbonyl (C=O) groups is 3. The number of hydrogen-bond acceptors (Lipinski definition) is 5. The number of aryl methyl sites for hydroxylation is 2. The maximum absolute atomic E-state index is 11.8. The molecule has 0 fully saturated rings. The highest BCUT2D eigenvalue weighted by Crippen LogP contribution is 2.17. The molecule has 1 aromatic heterocycles. The van der Waals surface area contributed by atoms with Crippen molar-refractivity contribution in [3.63, 3.8) is 0 Å². The monoisotopic (exact) mass is 311 g/mol. The van der Waals surface area contributed by atoms with E-state index in [2.05, 4.69) is 21.0 Å². The number of carbonyl (C=O) groups excluding carboxylic acids is 3. The molecular weight excluding hydrogens is 290 g/mol. The van der Waals surface area contributed by atoms with Crippen molar-refractivity contribution in [3.05, 3.63) is 11.4 Å². The molecule has 122 valence electrons. The number of nitrogens with one attached hydrogen (secondary N) is 3. The fourth-order valence-corrected chi connectivity index (χ4v) is 1.72. The van der Waals surface area contributed by atoms with Crippen molar-refractivity contribution in [2.75, 3.05) is 32.1 Å². The third-order valence-electron chi connectivity index (χ3n) is 2.99. The summed E-state index contributed by atoms with van der Waals surface area (Å²) in [4.78, 5) is 34.8. The van der Waals surface area contributed by atoms with E-state index in [0.717, 1.165) is 5.69 Å². The number of hydrogen-bond donors (Lipinski definition) is 3. The summed E-state index contributed by atoms with van der Waals surface area (Å²) in [6, 6.07) is 0. The van der Waals surface area contributed by atoms with Gasteiger partial charge in [-0.15, -0.1) is 0 Å². The van der Waals surface area contributed by atoms with E-state index in [1.54, 1.807) is 25.6 Å². The van der Waals surface area contributed by atoms with Gasteiger partial charge in [0.2, 0.25) is 5.91 Å². The van der Waals surface area contributed by atoms with Crippen LogP contribution in [-0.4, -0.2) is 54.3 Å². The first kappa shape index (κ1) is 17.6. The molecule has 1 aromatic rings. The summed E-state index contributed by atoms with van der Waals surface area (Å²) >= 11 is 0. The molecule has 0 saturated carbocycles. The number of amides is 3. The van der Waals surface area contributed by atoms with E-state index >= 15 is 0 Å². The van der Waals surface area contributed by atoms with Gasteiger partial charge in [-0.25, -0.2) is 0 Å². The first-order valence-electron chi connectivity index (χ1n) is 6.71. The maximum Gasteiger partial charge on any atom is 0.313 e. The van der Waals surface area contributed by atoms with Crippen LogP contribution >= 0.6 is 0 Å². The van der Waals surface area contributed by atoms with Crippen molar-refractivity contribution in [1.29, 1.82) is 0 Å². The number of ether oxygens (including phenoxy) is 1. The van der Waals surface area contributed by atoms with Crippen LogP contribution in [0.2, 0.25) is 0 Å². The third kappa shape index (κ3) is 4.85. The van der Waals surface area contributed by atoms with Crippen LogP contribution in [0.1, 0.15) is 11.4 Å². The fourth-order valence-electron chi connectivity index (χ4n) is 1.72. The van der Waals surface area contributed by atoms with E-state index in [1.165, 1.54) is 7.11 Å². The first-order chi connectivity index (χ1) is 10.4. The molecule has 0 aliphatic carbocycles. The van der Waals surface area contributed by atoms with Crippen LogP contribution in [0.4, 0.5) is 5.69 Å². The zero-order valence-electron chi connectivity index (χ0n) is 13.1. The van der Waals surface area contributed by atoms with Gasteiger partial charge in [0.15, 0.2) is 0 Å². The van der Waals surface area contributed by atoms with Crippen molar-refractivity contribution < 1.29 is 19.1 Å². The molecule has 0 saturated heterocycles. The van der Waals surface area contributed by atoms with E-state index in [-0.39, 0.29) is 6.54 Å². The van der Waals surface area contributed by atoms with Gasteiger partial charge < -0.3 is 20.7 Å². The lowest BCUT2D eigenvalue weighted by Crippen LogP contribution is -2.42. The molecule has 0 spiro atoms. The lowest BCUT2D eigenvalue weighted by atomic mass is 10.3. The average Bonchev–Trinajstić information content (AvgIpc) is 2.71. The Labute approximate surface area is 128 Å². The molecule has 0 atom stereocenters. The number of methoxy groups -OCH3 is 1. The van der Waals surface area contributed by atoms with E-state index < -0.39 is 17.7 Å². The Morgan fingerprint density at radius 3 is 2.41 bits per heavy atom. The molecule has 0 aliphatic heterocycles. The second-order valence-electron chi connectivity index (χ2n) is 4.65. The molecule has 1 heterocycles. The lowest BCUT2D eigenvalue weighted by molar-refractivity contribution is -0.136. The number of rotatable bonds is 6. The quantitative estimate of drug-likeness (QED) is 0.453. The Hall–Kier alpha value is -2.42. The normalized spacial score (nSPS) is 10.2. The fraction of sp³-hybridized carbons (Fsp3) is 0.538. The maximum atomic E-state index is 11.8. The van der Waals surface area contributed by atoms with Gasteiger partial charge in [0, 0.05) is 20.7 Å². The SMILES string of the molecule is COCCNC(=O)CNC(=O)C(=O)Nc1c(C)nn(C)c1C. The number of aromatic nitrogens is 2. The summed E-state index contributed by atoms with van der Waals surface area (Å²) in [5.41, 5.74) is 1.83. The Morgan fingerprint density at radius 2 is 1.86 bits per heavy atom. The zero-order chi connectivity index (χ0) is 16.7. The molecular formula is C13H21N5O4. The summed E-state index contributed by atoms with van der Waals surface area (Å²) in [5, 5.41) is 11.4. The molecule has 0 bridgehead atoms. The highest BCUT2D eigenvalue weighted by molar-refractivity contribution is 6.40. The van der Waals surface area contributed by atoms with Crippen molar-refractivity contribution >= 4 is 23.4 Å². The van der Waals surface area contributed by atoms with Gasteiger partial charge in [0.05, 0.1) is 30.2 Å². The minimum atomic E-state index is -0.885. The van der Waals surface area contributed by atoms with Crippen LogP contribution in [0.3, 0.4) is 0 Å². The van der Waals surface area contributed by atoms with Crippen LogP contribution in [0.5, 0.6) is 0 Å². The molecule has 0 aromatic carbocycles. The molecule has 3 amide bonds. The zero-order valence-corrected chi connectivity index (χ0v) is 13.1. The van der Waals surface area contributed by atoms with E-state index in [4.69, 9.17) is 4.74 Å². The van der Waals surface area contributed by atoms with Crippen LogP contribution in [0, 0.1) is 13.8 Å². The van der Waals surface area contributed by atoms with Gasteiger partial charge in [-0.05, 0) is 13.8 Å². The van der Waals surface area contributed by atoms with Crippen LogP contribution < -0.4 is 16.0 Å². The third-order valence-corrected chi connectivity index (χ3v) is 2.99. The van der Waals surface area contributed by atoms with Gasteiger partial charge in [0.1, 0.15) is 0 Å². The molecule has 22 heavy (non-hydrogen) atoms. The summed E-state index contributed by atoms with van der Waals surface area (Å²) < 4.78 is 6.38. The minimum absolute atomic E-state index is 0.277. The average molecular weight is 311 g/mol. The summed E-state index contributed by atoms with van der Waals surface area (Å²) in [5.74, 6) is -2.12. The molecule has 9 nitrogen and oxygen atoms in total. The van der Waals surface area contributed by atoms with Gasteiger partial charge in [-0.1, -0.05) is 0 Å².